The summed E-state index contributed by atoms with van der Waals surface area (Å²) in [5.41, 5.74) is 0. The molecule has 18 heavy (non-hydrogen) atoms. The van der Waals surface area contributed by atoms with E-state index in [1.165, 1.54) is 32.1 Å². The molecule has 0 aromatic carbocycles. The fourth-order valence-corrected chi connectivity index (χ4v) is 2.32. The van der Waals surface area contributed by atoms with Gasteiger partial charge in [0.1, 0.15) is 0 Å². The summed E-state index contributed by atoms with van der Waals surface area (Å²) in [6, 6.07) is 0.992. The summed E-state index contributed by atoms with van der Waals surface area (Å²) in [6.07, 6.45) is 6.09. The summed E-state index contributed by atoms with van der Waals surface area (Å²) >= 11 is 0. The number of likely N-dealkylation sites (N-methyl/N-ethyl adjacent to an activating group) is 1. The Morgan fingerprint density at radius 1 is 1.28 bits per heavy atom. The van der Waals surface area contributed by atoms with Crippen LogP contribution in [0.3, 0.4) is 0 Å². The SMILES string of the molecule is CCN(C(=O)CNC(C)CCCC(C)C)C1CC1. The number of hydrogen-bond acceptors (Lipinski definition) is 2. The van der Waals surface area contributed by atoms with Crippen LogP contribution in [0.25, 0.3) is 0 Å². The van der Waals surface area contributed by atoms with Gasteiger partial charge in [0.25, 0.3) is 0 Å². The molecule has 3 nitrogen and oxygen atoms in total. The fourth-order valence-electron chi connectivity index (χ4n) is 2.32. The normalized spacial score (nSPS) is 16.9. The van der Waals surface area contributed by atoms with Crippen LogP contribution < -0.4 is 5.32 Å². The topological polar surface area (TPSA) is 32.3 Å². The molecule has 1 N–H and O–H groups in total. The monoisotopic (exact) mass is 254 g/mol. The summed E-state index contributed by atoms with van der Waals surface area (Å²) in [4.78, 5) is 14.0. The van der Waals surface area contributed by atoms with Crippen LogP contribution in [0.15, 0.2) is 0 Å². The van der Waals surface area contributed by atoms with Crippen LogP contribution in [0.1, 0.15) is 59.8 Å². The molecule has 1 aliphatic carbocycles. The lowest BCUT2D eigenvalue weighted by molar-refractivity contribution is -0.130. The van der Waals surface area contributed by atoms with Crippen LogP contribution in [-0.2, 0) is 4.79 Å². The predicted octanol–water partition coefficient (Wildman–Crippen LogP) is 2.80. The van der Waals surface area contributed by atoms with E-state index < -0.39 is 0 Å². The molecular formula is C15H30N2O. The minimum atomic E-state index is 0.274. The molecule has 0 heterocycles. The Bertz CT molecular complexity index is 249. The summed E-state index contributed by atoms with van der Waals surface area (Å²) in [5.74, 6) is 1.06. The highest BCUT2D eigenvalue weighted by Gasteiger charge is 2.30. The molecule has 0 aromatic heterocycles. The molecule has 0 spiro atoms. The first-order valence-electron chi connectivity index (χ1n) is 7.57. The highest BCUT2D eigenvalue weighted by Crippen LogP contribution is 2.26. The third kappa shape index (κ3) is 5.85. The van der Waals surface area contributed by atoms with Crippen molar-refractivity contribution in [2.24, 2.45) is 5.92 Å². The van der Waals surface area contributed by atoms with E-state index in [2.05, 4.69) is 33.0 Å². The van der Waals surface area contributed by atoms with Gasteiger partial charge in [0.15, 0.2) is 0 Å². The van der Waals surface area contributed by atoms with Crippen LogP contribution >= 0.6 is 0 Å². The van der Waals surface area contributed by atoms with Gasteiger partial charge in [0.05, 0.1) is 6.54 Å². The van der Waals surface area contributed by atoms with Gasteiger partial charge in [-0.25, -0.2) is 0 Å². The number of hydrogen-bond donors (Lipinski definition) is 1. The Labute approximate surface area is 112 Å². The molecule has 1 saturated carbocycles. The van der Waals surface area contributed by atoms with E-state index in [0.717, 1.165) is 12.5 Å². The van der Waals surface area contributed by atoms with Gasteiger partial charge in [-0.15, -0.1) is 0 Å². The summed E-state index contributed by atoms with van der Waals surface area (Å²) in [6.45, 7) is 10.1. The highest BCUT2D eigenvalue weighted by molar-refractivity contribution is 5.78. The van der Waals surface area contributed by atoms with Crippen molar-refractivity contribution in [3.8, 4) is 0 Å². The van der Waals surface area contributed by atoms with Gasteiger partial charge in [-0.2, -0.15) is 0 Å². The maximum absolute atomic E-state index is 12.0. The minimum absolute atomic E-state index is 0.274. The zero-order chi connectivity index (χ0) is 13.5. The van der Waals surface area contributed by atoms with Gasteiger partial charge in [-0.3, -0.25) is 4.79 Å². The highest BCUT2D eigenvalue weighted by atomic mass is 16.2. The molecule has 3 heteroatoms. The zero-order valence-electron chi connectivity index (χ0n) is 12.5. The molecule has 1 unspecified atom stereocenters. The van der Waals surface area contributed by atoms with Crippen LogP contribution in [0.5, 0.6) is 0 Å². The summed E-state index contributed by atoms with van der Waals surface area (Å²) in [5, 5.41) is 3.36. The first kappa shape index (κ1) is 15.5. The van der Waals surface area contributed by atoms with Crippen molar-refractivity contribution in [2.75, 3.05) is 13.1 Å². The molecule has 0 saturated heterocycles. The molecule has 0 radical (unpaired) electrons. The maximum atomic E-state index is 12.0. The van der Waals surface area contributed by atoms with Gasteiger partial charge in [0.2, 0.25) is 5.91 Å². The quantitative estimate of drug-likeness (QED) is 0.686. The lowest BCUT2D eigenvalue weighted by Crippen LogP contribution is -2.41. The third-order valence-corrected chi connectivity index (χ3v) is 3.67. The van der Waals surface area contributed by atoms with E-state index >= 15 is 0 Å². The zero-order valence-corrected chi connectivity index (χ0v) is 12.5. The van der Waals surface area contributed by atoms with Crippen molar-refractivity contribution in [3.05, 3.63) is 0 Å². The average molecular weight is 254 g/mol. The van der Waals surface area contributed by atoms with Crippen molar-refractivity contribution in [1.82, 2.24) is 10.2 Å². The van der Waals surface area contributed by atoms with Crippen molar-refractivity contribution in [2.45, 2.75) is 71.9 Å². The van der Waals surface area contributed by atoms with Crippen LogP contribution in [0.2, 0.25) is 0 Å². The average Bonchev–Trinajstić information content (AvgIpc) is 3.11. The Morgan fingerprint density at radius 3 is 2.44 bits per heavy atom. The van der Waals surface area contributed by atoms with Gasteiger partial charge >= 0.3 is 0 Å². The van der Waals surface area contributed by atoms with Gasteiger partial charge in [-0.1, -0.05) is 26.7 Å². The molecule has 1 fully saturated rings. The van der Waals surface area contributed by atoms with Crippen molar-refractivity contribution in [1.29, 1.82) is 0 Å². The van der Waals surface area contributed by atoms with E-state index in [0.29, 0.717) is 18.6 Å². The molecule has 106 valence electrons. The molecule has 1 atom stereocenters. The lowest BCUT2D eigenvalue weighted by atomic mass is 10.0. The molecule has 1 rings (SSSR count). The van der Waals surface area contributed by atoms with Gasteiger partial charge in [0, 0.05) is 18.6 Å². The molecule has 1 aliphatic rings. The number of carbonyl (C=O) groups is 1. The first-order chi connectivity index (χ1) is 8.54. The second kappa shape index (κ2) is 7.78. The smallest absolute Gasteiger partial charge is 0.236 e. The van der Waals surface area contributed by atoms with E-state index in [1.807, 2.05) is 4.90 Å². The summed E-state index contributed by atoms with van der Waals surface area (Å²) < 4.78 is 0. The van der Waals surface area contributed by atoms with Crippen molar-refractivity contribution < 1.29 is 4.79 Å². The summed E-state index contributed by atoms with van der Waals surface area (Å²) in [7, 11) is 0. The Kier molecular flexibility index (Phi) is 6.69. The van der Waals surface area contributed by atoms with E-state index in [-0.39, 0.29) is 5.91 Å². The van der Waals surface area contributed by atoms with Crippen molar-refractivity contribution in [3.63, 3.8) is 0 Å². The number of nitrogens with zero attached hydrogens (tertiary/aromatic N) is 1. The molecule has 1 amide bonds. The molecular weight excluding hydrogens is 224 g/mol. The molecule has 0 aliphatic heterocycles. The van der Waals surface area contributed by atoms with Gasteiger partial charge in [-0.05, 0) is 39.0 Å². The van der Waals surface area contributed by atoms with Crippen molar-refractivity contribution >= 4 is 5.91 Å². The Hall–Kier alpha value is -0.570. The number of rotatable bonds is 9. The first-order valence-corrected chi connectivity index (χ1v) is 7.57. The van der Waals surface area contributed by atoms with Crippen LogP contribution in [0, 0.1) is 5.92 Å². The standard InChI is InChI=1S/C15H30N2O/c1-5-17(14-9-10-14)15(18)11-16-13(4)8-6-7-12(2)3/h12-14,16H,5-11H2,1-4H3. The second-order valence-electron chi connectivity index (χ2n) is 6.02. The van der Waals surface area contributed by atoms with Crippen LogP contribution in [0.4, 0.5) is 0 Å². The fraction of sp³-hybridized carbons (Fsp3) is 0.933. The third-order valence-electron chi connectivity index (χ3n) is 3.67. The number of carbonyl (C=O) groups excluding carboxylic acids is 1. The van der Waals surface area contributed by atoms with E-state index in [9.17, 15) is 4.79 Å². The Morgan fingerprint density at radius 2 is 1.94 bits per heavy atom. The van der Waals surface area contributed by atoms with Crippen LogP contribution in [-0.4, -0.2) is 36.0 Å². The Balaban J connectivity index is 2.12. The molecule has 0 bridgehead atoms. The molecule has 0 aromatic rings. The number of nitrogens with one attached hydrogen (secondary N) is 1. The predicted molar refractivity (Wildman–Crippen MR) is 76.6 cm³/mol. The van der Waals surface area contributed by atoms with E-state index in [1.54, 1.807) is 0 Å². The number of amides is 1. The maximum Gasteiger partial charge on any atom is 0.236 e. The van der Waals surface area contributed by atoms with Gasteiger partial charge < -0.3 is 10.2 Å². The largest absolute Gasteiger partial charge is 0.339 e. The lowest BCUT2D eigenvalue weighted by Gasteiger charge is -2.22. The minimum Gasteiger partial charge on any atom is -0.339 e. The second-order valence-corrected chi connectivity index (χ2v) is 6.02. The van der Waals surface area contributed by atoms with E-state index in [4.69, 9.17) is 0 Å².